The van der Waals surface area contributed by atoms with Gasteiger partial charge in [0.15, 0.2) is 11.6 Å². The third-order valence-corrected chi connectivity index (χ3v) is 10.1. The van der Waals surface area contributed by atoms with Crippen LogP contribution in [0, 0.1) is 46.3 Å². The van der Waals surface area contributed by atoms with E-state index in [0.29, 0.717) is 17.8 Å². The van der Waals surface area contributed by atoms with Gasteiger partial charge in [-0.05, 0) is 97.3 Å². The maximum Gasteiger partial charge on any atom is 0.237 e. The second-order valence-electron chi connectivity index (χ2n) is 13.0. The van der Waals surface area contributed by atoms with Gasteiger partial charge in [0.1, 0.15) is 13.1 Å². The van der Waals surface area contributed by atoms with E-state index in [1.165, 1.54) is 12.8 Å². The highest BCUT2D eigenvalue weighted by Crippen LogP contribution is 2.33. The Hall–Kier alpha value is -1.95. The van der Waals surface area contributed by atoms with Crippen molar-refractivity contribution in [2.75, 3.05) is 46.3 Å². The second-order valence-corrected chi connectivity index (χ2v) is 13.0. The van der Waals surface area contributed by atoms with Gasteiger partial charge in [0.2, 0.25) is 5.91 Å². The average Bonchev–Trinajstić information content (AvgIpc) is 2.92. The Morgan fingerprint density at radius 2 is 2.00 bits per heavy atom. The number of nitrogens with two attached hydrogens (primary N) is 1. The van der Waals surface area contributed by atoms with Crippen molar-refractivity contribution in [1.29, 1.82) is 5.26 Å². The summed E-state index contributed by atoms with van der Waals surface area (Å²) >= 11 is 0. The minimum Gasteiger partial charge on any atom is -0.372 e. The predicted molar refractivity (Wildman–Crippen MR) is 159 cm³/mol. The van der Waals surface area contributed by atoms with Crippen LogP contribution in [0.25, 0.3) is 0 Å². The first kappa shape index (κ1) is 31.6. The molecule has 0 aromatic rings. The molecule has 220 valence electrons. The Morgan fingerprint density at radius 1 is 1.31 bits per heavy atom. The fourth-order valence-electron chi connectivity index (χ4n) is 6.78. The van der Waals surface area contributed by atoms with Gasteiger partial charge >= 0.3 is 0 Å². The zero-order valence-corrected chi connectivity index (χ0v) is 25.7. The Bertz CT molecular complexity index is 928. The van der Waals surface area contributed by atoms with Crippen LogP contribution in [0.1, 0.15) is 73.6 Å². The highest BCUT2D eigenvalue weighted by atomic mass is 16.2. The molecule has 3 heterocycles. The van der Waals surface area contributed by atoms with Crippen LogP contribution in [0.3, 0.4) is 0 Å². The minimum atomic E-state index is -0.529. The summed E-state index contributed by atoms with van der Waals surface area (Å²) in [5.41, 5.74) is 8.45. The standard InChI is InChI=1S/C31H55N7O/c1-8-21(3)26-11-10-24(31(5,6)20-32)19-38(9-2)22(4)28(29(33)35-26)30(39)36-27-18-34-15-12-25(27)23-13-16-37(7)17-14-23/h11,21,23-25,27-29,34-35H,8-10,12-19,33H2,1-7H3/p+1. The fraction of sp³-hybridized carbons (Fsp3) is 0.839. The van der Waals surface area contributed by atoms with E-state index >= 15 is 0 Å². The van der Waals surface area contributed by atoms with Crippen molar-refractivity contribution < 1.29 is 9.37 Å². The van der Waals surface area contributed by atoms with Crippen LogP contribution in [0.2, 0.25) is 0 Å². The summed E-state index contributed by atoms with van der Waals surface area (Å²) in [6.45, 7) is 18.2. The largest absolute Gasteiger partial charge is 0.372 e. The molecular weight excluding hydrogens is 486 g/mol. The molecule has 8 nitrogen and oxygen atoms in total. The molecule has 5 N–H and O–H groups in total. The van der Waals surface area contributed by atoms with Gasteiger partial charge in [-0.2, -0.15) is 5.26 Å². The summed E-state index contributed by atoms with van der Waals surface area (Å²) in [5, 5.41) is 20.6. The van der Waals surface area contributed by atoms with E-state index in [0.717, 1.165) is 69.9 Å². The van der Waals surface area contributed by atoms with E-state index in [1.54, 1.807) is 0 Å². The van der Waals surface area contributed by atoms with Crippen LogP contribution in [-0.2, 0) is 4.79 Å². The summed E-state index contributed by atoms with van der Waals surface area (Å²) in [5.74, 6) is 1.08. The summed E-state index contributed by atoms with van der Waals surface area (Å²) in [7, 11) is 2.20. The zero-order valence-electron chi connectivity index (χ0n) is 25.7. The highest BCUT2D eigenvalue weighted by Gasteiger charge is 2.41. The van der Waals surface area contributed by atoms with Gasteiger partial charge in [-0.25, -0.2) is 4.58 Å². The number of nitrogens with one attached hydrogen (secondary N) is 3. The minimum absolute atomic E-state index is 0.0118. The molecule has 6 unspecified atom stereocenters. The van der Waals surface area contributed by atoms with Crippen molar-refractivity contribution in [1.82, 2.24) is 20.9 Å². The molecule has 0 aromatic heterocycles. The maximum absolute atomic E-state index is 14.2. The third kappa shape index (κ3) is 7.83. The van der Waals surface area contributed by atoms with Gasteiger partial charge in [0, 0.05) is 31.1 Å². The van der Waals surface area contributed by atoms with E-state index in [2.05, 4.69) is 72.3 Å². The molecule has 0 aliphatic carbocycles. The number of hydrogen-bond donors (Lipinski definition) is 4. The highest BCUT2D eigenvalue weighted by molar-refractivity contribution is 6.01. The number of rotatable bonds is 7. The molecule has 3 aliphatic heterocycles. The number of amides is 1. The van der Waals surface area contributed by atoms with Crippen molar-refractivity contribution >= 4 is 11.6 Å². The predicted octanol–water partition coefficient (Wildman–Crippen LogP) is 2.91. The second kappa shape index (κ2) is 14.1. The number of likely N-dealkylation sites (tertiary alicyclic amines) is 1. The molecule has 0 radical (unpaired) electrons. The van der Waals surface area contributed by atoms with Crippen LogP contribution in [0.4, 0.5) is 0 Å². The van der Waals surface area contributed by atoms with Crippen LogP contribution in [0.15, 0.2) is 11.8 Å². The van der Waals surface area contributed by atoms with Gasteiger partial charge in [0.25, 0.3) is 0 Å². The van der Waals surface area contributed by atoms with Crippen molar-refractivity contribution in [2.45, 2.75) is 85.9 Å². The first-order valence-electron chi connectivity index (χ1n) is 15.4. The lowest BCUT2D eigenvalue weighted by Crippen LogP contribution is -2.60. The van der Waals surface area contributed by atoms with E-state index in [4.69, 9.17) is 5.73 Å². The van der Waals surface area contributed by atoms with Gasteiger partial charge in [0.05, 0.1) is 17.6 Å². The molecular formula is C31H56N7O+. The number of piperidine rings is 2. The van der Waals surface area contributed by atoms with Crippen molar-refractivity contribution in [3.63, 3.8) is 0 Å². The van der Waals surface area contributed by atoms with Crippen LogP contribution < -0.4 is 21.7 Å². The summed E-state index contributed by atoms with van der Waals surface area (Å²) < 4.78 is 2.28. The first-order valence-corrected chi connectivity index (χ1v) is 15.4. The lowest BCUT2D eigenvalue weighted by atomic mass is 9.76. The molecule has 3 rings (SSSR count). The summed E-state index contributed by atoms with van der Waals surface area (Å²) in [6.07, 6.45) is 6.99. The normalized spacial score (nSPS) is 31.1. The number of hydrogen-bond acceptors (Lipinski definition) is 6. The van der Waals surface area contributed by atoms with Crippen LogP contribution >= 0.6 is 0 Å². The first-order chi connectivity index (χ1) is 18.5. The van der Waals surface area contributed by atoms with Gasteiger partial charge in [-0.1, -0.05) is 19.9 Å². The van der Waals surface area contributed by atoms with Crippen LogP contribution in [-0.4, -0.2) is 79.6 Å². The molecule has 3 aliphatic rings. The number of carbonyl (C=O) groups excluding carboxylic acids is 1. The molecule has 1 amide bonds. The number of carbonyl (C=O) groups is 1. The zero-order chi connectivity index (χ0) is 28.7. The molecule has 8 heteroatoms. The average molecular weight is 543 g/mol. The topological polar surface area (TPSA) is 109 Å². The number of nitrogens with zero attached hydrogens (tertiary/aromatic N) is 3. The Kier molecular flexibility index (Phi) is 11.4. The van der Waals surface area contributed by atoms with Gasteiger partial charge in [-0.15, -0.1) is 0 Å². The molecule has 0 aromatic carbocycles. The van der Waals surface area contributed by atoms with E-state index < -0.39 is 17.5 Å². The molecule has 0 bridgehead atoms. The monoisotopic (exact) mass is 542 g/mol. The lowest BCUT2D eigenvalue weighted by molar-refractivity contribution is -0.536. The Labute approximate surface area is 237 Å². The third-order valence-electron chi connectivity index (χ3n) is 10.1. The number of allylic oxidation sites excluding steroid dienone is 2. The van der Waals surface area contributed by atoms with Crippen LogP contribution in [0.5, 0.6) is 0 Å². The van der Waals surface area contributed by atoms with Crippen molar-refractivity contribution in [3.05, 3.63) is 11.8 Å². The number of nitriles is 1. The molecule has 2 fully saturated rings. The van der Waals surface area contributed by atoms with Crippen molar-refractivity contribution in [3.8, 4) is 6.07 Å². The van der Waals surface area contributed by atoms with E-state index in [9.17, 15) is 10.1 Å². The summed E-state index contributed by atoms with van der Waals surface area (Å²) in [6, 6.07) is 2.66. The fourth-order valence-corrected chi connectivity index (χ4v) is 6.78. The summed E-state index contributed by atoms with van der Waals surface area (Å²) in [4.78, 5) is 16.6. The maximum atomic E-state index is 14.2. The van der Waals surface area contributed by atoms with E-state index in [1.807, 2.05) is 13.8 Å². The molecule has 2 saturated heterocycles. The van der Waals surface area contributed by atoms with E-state index in [-0.39, 0.29) is 17.9 Å². The quantitative estimate of drug-likeness (QED) is 0.369. The molecule has 0 spiro atoms. The Balaban J connectivity index is 1.93. The Morgan fingerprint density at radius 3 is 2.62 bits per heavy atom. The smallest absolute Gasteiger partial charge is 0.237 e. The van der Waals surface area contributed by atoms with Gasteiger partial charge in [-0.3, -0.25) is 4.79 Å². The molecule has 6 atom stereocenters. The molecule has 39 heavy (non-hydrogen) atoms. The van der Waals surface area contributed by atoms with Crippen molar-refractivity contribution in [2.24, 2.45) is 40.7 Å². The SMILES string of the molecule is CCC(C)C1=CCC(C(C)(C)C#N)C[N+](CC)=C(C)C(C(=O)NC2CNCCC2C2CCN(C)CC2)C(N)N1. The van der Waals surface area contributed by atoms with Gasteiger partial charge < -0.3 is 26.6 Å². The lowest BCUT2D eigenvalue weighted by Gasteiger charge is -2.42. The molecule has 0 saturated carbocycles.